The topological polar surface area (TPSA) is 38.7 Å². The molecule has 0 saturated heterocycles. The van der Waals surface area contributed by atoms with Crippen molar-refractivity contribution in [2.75, 3.05) is 0 Å². The van der Waals surface area contributed by atoms with Crippen LogP contribution >= 0.6 is 0 Å². The summed E-state index contributed by atoms with van der Waals surface area (Å²) in [6, 6.07) is 64.3. The molecule has 0 atom stereocenters. The van der Waals surface area contributed by atoms with E-state index in [0.717, 1.165) is 22.3 Å². The predicted octanol–water partition coefficient (Wildman–Crippen LogP) is 12.0. The summed E-state index contributed by atoms with van der Waals surface area (Å²) < 4.78 is 0. The molecule has 57 heavy (non-hydrogen) atoms. The van der Waals surface area contributed by atoms with Crippen LogP contribution < -0.4 is 10.4 Å². The van der Waals surface area contributed by atoms with E-state index in [4.69, 9.17) is 15.0 Å². The van der Waals surface area contributed by atoms with E-state index in [-0.39, 0.29) is 0 Å². The number of hydrogen-bond acceptors (Lipinski definition) is 3. The van der Waals surface area contributed by atoms with Crippen molar-refractivity contribution < 1.29 is 0 Å². The van der Waals surface area contributed by atoms with Crippen LogP contribution in [0, 0.1) is 0 Å². The largest absolute Gasteiger partial charge is 0.208 e. The van der Waals surface area contributed by atoms with Crippen molar-refractivity contribution in [3.63, 3.8) is 0 Å². The summed E-state index contributed by atoms with van der Waals surface area (Å²) in [4.78, 5) is 15.4. The highest BCUT2D eigenvalue weighted by Crippen LogP contribution is 2.56. The van der Waals surface area contributed by atoms with Gasteiger partial charge >= 0.3 is 0 Å². The Morgan fingerprint density at radius 1 is 0.333 bits per heavy atom. The van der Waals surface area contributed by atoms with Crippen molar-refractivity contribution in [2.45, 2.75) is 44.7 Å². The third-order valence-corrected chi connectivity index (χ3v) is 15.6. The van der Waals surface area contributed by atoms with Crippen LogP contribution in [0.2, 0.25) is 39.3 Å². The molecule has 1 aromatic heterocycles. The fourth-order valence-electron chi connectivity index (χ4n) is 8.45. The van der Waals surface area contributed by atoms with Gasteiger partial charge < -0.3 is 0 Å². The molecule has 0 saturated carbocycles. The smallest absolute Gasteiger partial charge is 0.164 e. The average molecular weight is 770 g/mol. The molecule has 9 rings (SSSR count). The summed E-state index contributed by atoms with van der Waals surface area (Å²) >= 11 is 0. The maximum absolute atomic E-state index is 5.15. The van der Waals surface area contributed by atoms with Crippen LogP contribution in [0.15, 0.2) is 176 Å². The molecule has 7 aromatic carbocycles. The van der Waals surface area contributed by atoms with E-state index in [1.54, 1.807) is 0 Å². The minimum atomic E-state index is -1.56. The van der Waals surface area contributed by atoms with Gasteiger partial charge in [0.05, 0.1) is 21.6 Å². The quantitative estimate of drug-likeness (QED) is 0.145. The second kappa shape index (κ2) is 14.2. The highest BCUT2D eigenvalue weighted by molar-refractivity contribution is 6.89. The minimum absolute atomic E-state index is 0.443. The normalized spacial score (nSPS) is 13.2. The highest BCUT2D eigenvalue weighted by atomic mass is 28.3. The molecule has 5 heteroatoms. The van der Waals surface area contributed by atoms with E-state index in [1.807, 2.05) is 0 Å². The molecule has 1 aliphatic rings. The zero-order valence-corrected chi connectivity index (χ0v) is 35.6. The lowest BCUT2D eigenvalue weighted by Gasteiger charge is -2.34. The number of aromatic nitrogens is 3. The van der Waals surface area contributed by atoms with Gasteiger partial charge in [0.15, 0.2) is 17.5 Å². The van der Waals surface area contributed by atoms with Crippen molar-refractivity contribution in [1.29, 1.82) is 0 Å². The van der Waals surface area contributed by atoms with Gasteiger partial charge in [0.2, 0.25) is 0 Å². The molecule has 0 fully saturated rings. The molecule has 0 aliphatic heterocycles. The van der Waals surface area contributed by atoms with Gasteiger partial charge in [-0.2, -0.15) is 0 Å². The van der Waals surface area contributed by atoms with Crippen molar-refractivity contribution in [3.05, 3.63) is 198 Å². The Hall–Kier alpha value is -6.02. The van der Waals surface area contributed by atoms with Crippen LogP contribution in [-0.4, -0.2) is 31.1 Å². The Morgan fingerprint density at radius 3 is 1.30 bits per heavy atom. The van der Waals surface area contributed by atoms with Crippen LogP contribution in [-0.2, 0) is 5.41 Å². The molecule has 1 heterocycles. The lowest BCUT2D eigenvalue weighted by atomic mass is 9.67. The fourth-order valence-corrected chi connectivity index (χ4v) is 10.8. The van der Waals surface area contributed by atoms with E-state index in [9.17, 15) is 0 Å². The van der Waals surface area contributed by atoms with Gasteiger partial charge in [0, 0.05) is 16.7 Å². The standard InChI is InChI=1S/C52H47N3Si2/c1-56(2,3)43-23-15-17-39(33-43)50-53-49(54-51(55-50)40-18-16-24-44(34-40)57(4,5)6)37-29-27-36(28-30-37)38-31-32-46-45-25-13-14-26-47(45)52(48(46)35-38,41-19-9-7-10-20-41)42-21-11-8-12-22-42/h7-35H,1-6H3. The van der Waals surface area contributed by atoms with E-state index in [2.05, 4.69) is 215 Å². The number of rotatable bonds is 8. The number of nitrogens with zero attached hydrogens (tertiary/aromatic N) is 3. The van der Waals surface area contributed by atoms with Crippen molar-refractivity contribution in [1.82, 2.24) is 15.0 Å². The van der Waals surface area contributed by atoms with Gasteiger partial charge in [-0.25, -0.2) is 15.0 Å². The van der Waals surface area contributed by atoms with Crippen LogP contribution in [0.1, 0.15) is 22.3 Å². The lowest BCUT2D eigenvalue weighted by Crippen LogP contribution is -2.37. The number of hydrogen-bond donors (Lipinski definition) is 0. The predicted molar refractivity (Wildman–Crippen MR) is 245 cm³/mol. The summed E-state index contributed by atoms with van der Waals surface area (Å²) in [7, 11) is -3.12. The van der Waals surface area contributed by atoms with Crippen LogP contribution in [0.5, 0.6) is 0 Å². The van der Waals surface area contributed by atoms with Crippen molar-refractivity contribution in [2.24, 2.45) is 0 Å². The zero-order chi connectivity index (χ0) is 39.4. The van der Waals surface area contributed by atoms with Crippen molar-refractivity contribution in [3.8, 4) is 56.4 Å². The lowest BCUT2D eigenvalue weighted by molar-refractivity contribution is 0.769. The van der Waals surface area contributed by atoms with Gasteiger partial charge in [-0.15, -0.1) is 0 Å². The van der Waals surface area contributed by atoms with E-state index < -0.39 is 21.6 Å². The molecule has 0 N–H and O–H groups in total. The first-order valence-corrected chi connectivity index (χ1v) is 26.9. The fraction of sp³-hybridized carbons (Fsp3) is 0.135. The second-order valence-corrected chi connectivity index (χ2v) is 27.5. The summed E-state index contributed by atoms with van der Waals surface area (Å²) in [6.07, 6.45) is 0. The molecule has 1 aliphatic carbocycles. The van der Waals surface area contributed by atoms with E-state index in [1.165, 1.54) is 49.3 Å². The van der Waals surface area contributed by atoms with Gasteiger partial charge in [0.25, 0.3) is 0 Å². The maximum atomic E-state index is 5.15. The highest BCUT2D eigenvalue weighted by Gasteiger charge is 2.46. The van der Waals surface area contributed by atoms with Crippen LogP contribution in [0.4, 0.5) is 0 Å². The van der Waals surface area contributed by atoms with Crippen LogP contribution in [0.3, 0.4) is 0 Å². The molecule has 0 unspecified atom stereocenters. The molecule has 0 spiro atoms. The third-order valence-electron chi connectivity index (χ3n) is 11.5. The molecular formula is C52H47N3Si2. The second-order valence-electron chi connectivity index (χ2n) is 17.3. The Morgan fingerprint density at radius 2 is 0.772 bits per heavy atom. The SMILES string of the molecule is C[Si](C)(C)c1cccc(-c2nc(-c3ccc(-c4ccc5c(c4)C(c4ccccc4)(c4ccccc4)c4ccccc4-5)cc3)nc(-c3cccc([Si](C)(C)C)c3)n2)c1. The number of fused-ring (bicyclic) bond motifs is 3. The minimum Gasteiger partial charge on any atom is -0.208 e. The Bertz CT molecular complexity index is 2630. The first-order chi connectivity index (χ1) is 27.5. The monoisotopic (exact) mass is 769 g/mol. The molecule has 3 nitrogen and oxygen atoms in total. The average Bonchev–Trinajstić information content (AvgIpc) is 3.54. The maximum Gasteiger partial charge on any atom is 0.164 e. The molecule has 0 amide bonds. The summed E-state index contributed by atoms with van der Waals surface area (Å²) in [5.74, 6) is 2.08. The van der Waals surface area contributed by atoms with E-state index >= 15 is 0 Å². The summed E-state index contributed by atoms with van der Waals surface area (Å²) in [5, 5.41) is 2.77. The van der Waals surface area contributed by atoms with Gasteiger partial charge in [-0.3, -0.25) is 0 Å². The van der Waals surface area contributed by atoms with Gasteiger partial charge in [-0.05, 0) is 50.6 Å². The summed E-state index contributed by atoms with van der Waals surface area (Å²) in [5.41, 5.74) is 12.6. The Balaban J connectivity index is 1.16. The molecule has 0 radical (unpaired) electrons. The summed E-state index contributed by atoms with van der Waals surface area (Å²) in [6.45, 7) is 14.3. The van der Waals surface area contributed by atoms with Crippen molar-refractivity contribution >= 4 is 26.5 Å². The Kier molecular flexibility index (Phi) is 9.10. The van der Waals surface area contributed by atoms with Gasteiger partial charge in [-0.1, -0.05) is 220 Å². The molecular weight excluding hydrogens is 723 g/mol. The molecule has 8 aromatic rings. The molecule has 278 valence electrons. The zero-order valence-electron chi connectivity index (χ0n) is 33.6. The first kappa shape index (κ1) is 36.6. The van der Waals surface area contributed by atoms with E-state index in [0.29, 0.717) is 17.5 Å². The first-order valence-electron chi connectivity index (χ1n) is 19.9. The number of benzene rings is 7. The van der Waals surface area contributed by atoms with Crippen LogP contribution in [0.25, 0.3) is 56.4 Å². The third kappa shape index (κ3) is 6.61. The molecule has 0 bridgehead atoms. The Labute approximate surface area is 339 Å². The van der Waals surface area contributed by atoms with Gasteiger partial charge in [0.1, 0.15) is 0 Å².